The van der Waals surface area contributed by atoms with E-state index >= 15 is 0 Å². The van der Waals surface area contributed by atoms with Crippen molar-refractivity contribution in [3.8, 4) is 0 Å². The third-order valence-electron chi connectivity index (χ3n) is 7.01. The summed E-state index contributed by atoms with van der Waals surface area (Å²) in [4.78, 5) is 22.0. The van der Waals surface area contributed by atoms with Crippen LogP contribution in [0.3, 0.4) is 0 Å². The van der Waals surface area contributed by atoms with Gasteiger partial charge in [0.25, 0.3) is 0 Å². The Morgan fingerprint density at radius 2 is 1.31 bits per heavy atom. The Bertz CT molecular complexity index is 1060. The predicted octanol–water partition coefficient (Wildman–Crippen LogP) is 1.24. The molecule has 9 nitrogen and oxygen atoms in total. The van der Waals surface area contributed by atoms with Crippen LogP contribution in [0.25, 0.3) is 0 Å². The van der Waals surface area contributed by atoms with Gasteiger partial charge in [0.2, 0.25) is 0 Å². The minimum Gasteiger partial charge on any atom is -0.337 e. The first kappa shape index (κ1) is 17.4. The van der Waals surface area contributed by atoms with E-state index in [1.54, 1.807) is 0 Å². The predicted molar refractivity (Wildman–Crippen MR) is 106 cm³/mol. The molecule has 7 atom stereocenters. The fourth-order valence-corrected chi connectivity index (χ4v) is 5.90. The molecule has 6 unspecified atom stereocenters. The fraction of sp³-hybridized carbons (Fsp3) is 0.550. The molecule has 4 aliphatic rings. The van der Waals surface area contributed by atoms with Gasteiger partial charge >= 0.3 is 0 Å². The normalized spacial score (nSPS) is 38.1. The Hall–Kier alpha value is -2.49. The second kappa shape index (κ2) is 5.78. The third kappa shape index (κ3) is 2.23. The molecule has 4 aliphatic heterocycles. The molecule has 0 radical (unpaired) electrons. The van der Waals surface area contributed by atoms with Crippen LogP contribution in [0.1, 0.15) is 42.8 Å². The van der Waals surface area contributed by atoms with Crippen LogP contribution in [0.5, 0.6) is 0 Å². The molecule has 4 fully saturated rings. The van der Waals surface area contributed by atoms with Crippen LogP contribution in [0, 0.1) is 5.41 Å². The second-order valence-electron chi connectivity index (χ2n) is 9.07. The zero-order chi connectivity index (χ0) is 19.9. The van der Waals surface area contributed by atoms with Gasteiger partial charge in [-0.15, -0.1) is 0 Å². The molecule has 29 heavy (non-hydrogen) atoms. The Morgan fingerprint density at radius 1 is 0.759 bits per heavy atom. The largest absolute Gasteiger partial charge is 0.337 e. The highest BCUT2D eigenvalue weighted by Crippen LogP contribution is 2.58. The van der Waals surface area contributed by atoms with Crippen molar-refractivity contribution in [3.05, 3.63) is 54.7 Å². The number of hydrogen-bond donors (Lipinski definition) is 0. The van der Waals surface area contributed by atoms with Crippen molar-refractivity contribution in [3.63, 3.8) is 0 Å². The van der Waals surface area contributed by atoms with Gasteiger partial charge in [-0.05, 0) is 0 Å². The Labute approximate surface area is 170 Å². The van der Waals surface area contributed by atoms with E-state index in [2.05, 4.69) is 62.7 Å². The maximum atomic E-state index is 4.77. The molecular weight excluding hydrogens is 366 g/mol. The van der Waals surface area contributed by atoms with Crippen molar-refractivity contribution in [2.75, 3.05) is 19.8 Å². The number of hydrogen-bond acceptors (Lipinski definition) is 6. The fourth-order valence-electron chi connectivity index (χ4n) is 5.90. The van der Waals surface area contributed by atoms with Crippen molar-refractivity contribution in [2.45, 2.75) is 25.3 Å². The lowest BCUT2D eigenvalue weighted by Crippen LogP contribution is -2.74. The van der Waals surface area contributed by atoms with Gasteiger partial charge in [-0.2, -0.15) is 0 Å². The number of aryl methyl sites for hydroxylation is 3. The van der Waals surface area contributed by atoms with Gasteiger partial charge < -0.3 is 13.7 Å². The van der Waals surface area contributed by atoms with Crippen LogP contribution >= 0.6 is 0 Å². The van der Waals surface area contributed by atoms with Crippen LogP contribution in [0.2, 0.25) is 0 Å². The number of nitrogens with zero attached hydrogens (tertiary/aromatic N) is 9. The summed E-state index contributed by atoms with van der Waals surface area (Å²) in [6, 6.07) is 0.249. The standard InChI is InChI=1S/C20H27N9/c1-20-11-27-13-29(14(20)15-21-5-8-24(15)2)19(17-23-7-10-26(17)4)28(12-20)18(27)16-22-6-9-25(16)3/h5-10,14,18-19H,11-13H2,1-4H3/t14?,18?,19?,20-/m1/s1. The van der Waals surface area contributed by atoms with E-state index in [9.17, 15) is 0 Å². The number of aromatic nitrogens is 6. The topological polar surface area (TPSA) is 63.2 Å². The van der Waals surface area contributed by atoms with Crippen molar-refractivity contribution in [1.29, 1.82) is 0 Å². The number of rotatable bonds is 3. The maximum Gasteiger partial charge on any atom is 0.141 e. The minimum absolute atomic E-state index is 0.0840. The summed E-state index contributed by atoms with van der Waals surface area (Å²) < 4.78 is 6.47. The molecule has 0 N–H and O–H groups in total. The summed E-state index contributed by atoms with van der Waals surface area (Å²) in [6.45, 7) is 5.29. The first-order valence-corrected chi connectivity index (χ1v) is 10.2. The van der Waals surface area contributed by atoms with Gasteiger partial charge in [-0.1, -0.05) is 6.92 Å². The van der Waals surface area contributed by atoms with E-state index in [1.165, 1.54) is 0 Å². The lowest BCUT2D eigenvalue weighted by atomic mass is 9.73. The Kier molecular flexibility index (Phi) is 3.46. The molecule has 9 heteroatoms. The number of imidazole rings is 3. The zero-order valence-electron chi connectivity index (χ0n) is 17.3. The van der Waals surface area contributed by atoms with Gasteiger partial charge in [-0.25, -0.2) is 15.0 Å². The van der Waals surface area contributed by atoms with Gasteiger partial charge in [0.1, 0.15) is 29.8 Å². The van der Waals surface area contributed by atoms with Crippen molar-refractivity contribution >= 4 is 0 Å². The van der Waals surface area contributed by atoms with Crippen LogP contribution in [0.15, 0.2) is 37.2 Å². The highest BCUT2D eigenvalue weighted by atomic mass is 15.6. The lowest BCUT2D eigenvalue weighted by molar-refractivity contribution is -0.280. The van der Waals surface area contributed by atoms with E-state index in [4.69, 9.17) is 15.0 Å². The molecule has 0 amide bonds. The summed E-state index contributed by atoms with van der Waals surface area (Å²) >= 11 is 0. The average Bonchev–Trinajstić information content (AvgIpc) is 3.38. The smallest absolute Gasteiger partial charge is 0.141 e. The monoisotopic (exact) mass is 393 g/mol. The summed E-state index contributed by atoms with van der Waals surface area (Å²) in [7, 11) is 6.28. The van der Waals surface area contributed by atoms with Gasteiger partial charge in [0.05, 0.1) is 12.7 Å². The Morgan fingerprint density at radius 3 is 1.86 bits per heavy atom. The lowest BCUT2D eigenvalue weighted by Gasteiger charge is -2.68. The van der Waals surface area contributed by atoms with Crippen molar-refractivity contribution in [2.24, 2.45) is 26.6 Å². The van der Waals surface area contributed by atoms with E-state index in [0.29, 0.717) is 0 Å². The molecule has 0 aromatic carbocycles. The Balaban J connectivity index is 1.52. The van der Waals surface area contributed by atoms with Gasteiger partial charge in [-0.3, -0.25) is 14.7 Å². The molecule has 4 saturated heterocycles. The summed E-state index contributed by atoms with van der Waals surface area (Å²) in [5.41, 5.74) is 0.0840. The highest BCUT2D eigenvalue weighted by molar-refractivity contribution is 5.21. The molecule has 7 rings (SSSR count). The first-order valence-electron chi connectivity index (χ1n) is 10.2. The van der Waals surface area contributed by atoms with E-state index in [0.717, 1.165) is 37.2 Å². The molecule has 3 aromatic heterocycles. The highest BCUT2D eigenvalue weighted by Gasteiger charge is 2.63. The molecular formula is C20H27N9. The molecule has 152 valence electrons. The van der Waals surface area contributed by atoms with Crippen LogP contribution in [0.4, 0.5) is 0 Å². The molecule has 4 bridgehead atoms. The molecule has 0 aliphatic carbocycles. The average molecular weight is 393 g/mol. The molecule has 3 aromatic rings. The SMILES string of the molecule is Cn1ccnc1C1N2CN3C(c4nccn4C)N1C[C@@](C)(C2)C3c1nccn1C. The molecule has 7 heterocycles. The van der Waals surface area contributed by atoms with Crippen LogP contribution < -0.4 is 0 Å². The minimum atomic E-state index is 0.0840. The van der Waals surface area contributed by atoms with Gasteiger partial charge in [0.15, 0.2) is 0 Å². The van der Waals surface area contributed by atoms with Crippen molar-refractivity contribution in [1.82, 2.24) is 43.4 Å². The summed E-state index contributed by atoms with van der Waals surface area (Å²) in [6.07, 6.45) is 12.1. The summed E-state index contributed by atoms with van der Waals surface area (Å²) in [5, 5.41) is 0. The van der Waals surface area contributed by atoms with Gasteiger partial charge in [0, 0.05) is 76.8 Å². The van der Waals surface area contributed by atoms with Crippen molar-refractivity contribution < 1.29 is 0 Å². The van der Waals surface area contributed by atoms with E-state index in [-0.39, 0.29) is 23.8 Å². The molecule has 0 saturated carbocycles. The first-order chi connectivity index (χ1) is 14.0. The van der Waals surface area contributed by atoms with Crippen LogP contribution in [-0.4, -0.2) is 63.1 Å². The van der Waals surface area contributed by atoms with E-state index < -0.39 is 0 Å². The van der Waals surface area contributed by atoms with Crippen LogP contribution in [-0.2, 0) is 21.1 Å². The summed E-state index contributed by atoms with van der Waals surface area (Å²) in [5.74, 6) is 3.31. The second-order valence-corrected chi connectivity index (χ2v) is 9.07. The third-order valence-corrected chi connectivity index (χ3v) is 7.01. The van der Waals surface area contributed by atoms with E-state index in [1.807, 2.05) is 31.0 Å². The zero-order valence-corrected chi connectivity index (χ0v) is 17.3. The quantitative estimate of drug-likeness (QED) is 0.667. The maximum absolute atomic E-state index is 4.77. The molecule has 0 spiro atoms.